The van der Waals surface area contributed by atoms with Gasteiger partial charge in [0.1, 0.15) is 0 Å². The molecule has 1 nitrogen and oxygen atoms in total. The van der Waals surface area contributed by atoms with Gasteiger partial charge >= 0.3 is 0 Å². The molecule has 0 bridgehead atoms. The first-order chi connectivity index (χ1) is 8.93. The summed E-state index contributed by atoms with van der Waals surface area (Å²) in [6.07, 6.45) is 2.03. The molecule has 1 heteroatoms. The van der Waals surface area contributed by atoms with Crippen LogP contribution >= 0.6 is 0 Å². The normalized spacial score (nSPS) is 14.2. The summed E-state index contributed by atoms with van der Waals surface area (Å²) in [5.74, 6) is 3.13. The van der Waals surface area contributed by atoms with E-state index in [0.29, 0.717) is 0 Å². The first-order valence-corrected chi connectivity index (χ1v) is 5.93. The summed E-state index contributed by atoms with van der Waals surface area (Å²) in [7, 11) is 0. The summed E-state index contributed by atoms with van der Waals surface area (Å²) in [4.78, 5) is 4.34. The molecule has 0 spiro atoms. The van der Waals surface area contributed by atoms with Crippen LogP contribution in [0, 0.1) is 0 Å². The molecule has 0 aromatic heterocycles. The van der Waals surface area contributed by atoms with E-state index in [-0.39, 0.29) is 0 Å². The molecule has 1 heterocycles. The van der Waals surface area contributed by atoms with Crippen molar-refractivity contribution in [3.63, 3.8) is 0 Å². The molecular weight excluding hydrogens is 218 g/mol. The van der Waals surface area contributed by atoms with Gasteiger partial charge in [-0.1, -0.05) is 42.5 Å². The highest BCUT2D eigenvalue weighted by molar-refractivity contribution is 6.21. The van der Waals surface area contributed by atoms with E-state index in [9.17, 15) is 0 Å². The van der Waals surface area contributed by atoms with Gasteiger partial charge in [0, 0.05) is 11.1 Å². The number of hydrogen-bond donors (Lipinski definition) is 0. The standard InChI is InChI=1S/C17H9N/c1-2-6-13-12(5-1)9-10-14(13)16-11-18-17-8-4-3-7-15(16)17/h1-9H. The Labute approximate surface area is 105 Å². The van der Waals surface area contributed by atoms with Crippen molar-refractivity contribution in [3.8, 4) is 0 Å². The van der Waals surface area contributed by atoms with Gasteiger partial charge in [0.15, 0.2) is 0 Å². The van der Waals surface area contributed by atoms with Crippen LogP contribution in [0.25, 0.3) is 17.2 Å². The summed E-state index contributed by atoms with van der Waals surface area (Å²) in [6.45, 7) is 0. The van der Waals surface area contributed by atoms with Crippen molar-refractivity contribution < 1.29 is 0 Å². The van der Waals surface area contributed by atoms with Crippen LogP contribution in [0.3, 0.4) is 0 Å². The van der Waals surface area contributed by atoms with Gasteiger partial charge < -0.3 is 0 Å². The number of benzene rings is 2. The van der Waals surface area contributed by atoms with Gasteiger partial charge in [-0.3, -0.25) is 0 Å². The molecule has 0 amide bonds. The third kappa shape index (κ3) is 1.20. The molecule has 0 radical (unpaired) electrons. The minimum Gasteiger partial charge on any atom is -0.205 e. The van der Waals surface area contributed by atoms with E-state index in [4.69, 9.17) is 0 Å². The van der Waals surface area contributed by atoms with Crippen LogP contribution in [0.5, 0.6) is 0 Å². The van der Waals surface area contributed by atoms with Crippen molar-refractivity contribution in [2.75, 3.05) is 0 Å². The lowest BCUT2D eigenvalue weighted by Gasteiger charge is -2.06. The summed E-state index contributed by atoms with van der Waals surface area (Å²) < 4.78 is 0. The summed E-state index contributed by atoms with van der Waals surface area (Å²) in [6, 6.07) is 16.5. The van der Waals surface area contributed by atoms with Crippen LogP contribution in [0.2, 0.25) is 0 Å². The monoisotopic (exact) mass is 227 g/mol. The predicted octanol–water partition coefficient (Wildman–Crippen LogP) is 4.09. The molecular formula is C17H9N. The van der Waals surface area contributed by atoms with Crippen LogP contribution < -0.4 is 0 Å². The second-order valence-electron chi connectivity index (χ2n) is 4.37. The number of allylic oxidation sites excluding steroid dienone is 2. The smallest absolute Gasteiger partial charge is 0.0815 e. The zero-order valence-corrected chi connectivity index (χ0v) is 9.64. The minimum atomic E-state index is 0.992. The number of rotatable bonds is 1. The van der Waals surface area contributed by atoms with E-state index in [2.05, 4.69) is 40.9 Å². The topological polar surface area (TPSA) is 12.4 Å². The fraction of sp³-hybridized carbons (Fsp3) is 0. The highest BCUT2D eigenvalue weighted by Gasteiger charge is 2.20. The van der Waals surface area contributed by atoms with Crippen LogP contribution in [0.4, 0.5) is 5.69 Å². The maximum absolute atomic E-state index is 4.34. The van der Waals surface area contributed by atoms with Gasteiger partial charge in [0.05, 0.1) is 11.3 Å². The lowest BCUT2D eigenvalue weighted by molar-refractivity contribution is 1.54. The predicted molar refractivity (Wildman–Crippen MR) is 74.8 cm³/mol. The van der Waals surface area contributed by atoms with Gasteiger partial charge in [-0.2, -0.15) is 0 Å². The van der Waals surface area contributed by atoms with Crippen LogP contribution in [-0.2, 0) is 0 Å². The van der Waals surface area contributed by atoms with Gasteiger partial charge in [0.25, 0.3) is 0 Å². The van der Waals surface area contributed by atoms with Crippen LogP contribution in [0.15, 0.2) is 59.3 Å². The Hall–Kier alpha value is -2.59. The highest BCUT2D eigenvalue weighted by atomic mass is 14.7. The largest absolute Gasteiger partial charge is 0.205 e. The number of para-hydroxylation sites is 1. The Morgan fingerprint density at radius 2 is 1.56 bits per heavy atom. The van der Waals surface area contributed by atoms with E-state index in [1.165, 1.54) is 11.1 Å². The molecule has 2 aromatic carbocycles. The molecule has 82 valence electrons. The van der Waals surface area contributed by atoms with Crippen molar-refractivity contribution in [2.45, 2.75) is 0 Å². The zero-order valence-electron chi connectivity index (χ0n) is 9.64. The van der Waals surface area contributed by atoms with Crippen molar-refractivity contribution in [1.82, 2.24) is 0 Å². The molecule has 18 heavy (non-hydrogen) atoms. The quantitative estimate of drug-likeness (QED) is 0.650. The zero-order chi connectivity index (χ0) is 11.9. The molecule has 0 fully saturated rings. The lowest BCUT2D eigenvalue weighted by Crippen LogP contribution is -1.88. The molecule has 1 aliphatic heterocycles. The minimum absolute atomic E-state index is 0.992. The maximum Gasteiger partial charge on any atom is 0.0815 e. The first-order valence-electron chi connectivity index (χ1n) is 5.93. The Morgan fingerprint density at radius 3 is 2.50 bits per heavy atom. The number of fused-ring (bicyclic) bond motifs is 2. The van der Waals surface area contributed by atoms with Gasteiger partial charge in [0.2, 0.25) is 0 Å². The third-order valence-electron chi connectivity index (χ3n) is 3.31. The van der Waals surface area contributed by atoms with Gasteiger partial charge in [-0.25, -0.2) is 4.99 Å². The van der Waals surface area contributed by atoms with Crippen molar-refractivity contribution in [2.24, 2.45) is 4.99 Å². The molecule has 1 aliphatic carbocycles. The van der Waals surface area contributed by atoms with Gasteiger partial charge in [-0.15, -0.1) is 5.73 Å². The summed E-state index contributed by atoms with van der Waals surface area (Å²) in [5, 5.41) is 0. The number of hydrogen-bond acceptors (Lipinski definition) is 1. The van der Waals surface area contributed by atoms with Crippen LogP contribution in [0.1, 0.15) is 16.7 Å². The van der Waals surface area contributed by atoms with Crippen LogP contribution in [-0.4, -0.2) is 5.87 Å². The molecule has 0 unspecified atom stereocenters. The molecule has 2 aliphatic rings. The Morgan fingerprint density at radius 1 is 0.778 bits per heavy atom. The summed E-state index contributed by atoms with van der Waals surface area (Å²) >= 11 is 0. The molecule has 2 aromatic rings. The van der Waals surface area contributed by atoms with E-state index < -0.39 is 0 Å². The second kappa shape index (κ2) is 3.45. The fourth-order valence-electron chi connectivity index (χ4n) is 2.43. The average Bonchev–Trinajstić information content (AvgIpc) is 3.01. The van der Waals surface area contributed by atoms with E-state index in [0.717, 1.165) is 22.4 Å². The molecule has 0 saturated carbocycles. The average molecular weight is 227 g/mol. The van der Waals surface area contributed by atoms with E-state index >= 15 is 0 Å². The fourth-order valence-corrected chi connectivity index (χ4v) is 2.43. The SMILES string of the molecule is C1=Cc2ccccc2C=1C1=C=Nc2ccccc21. The van der Waals surface area contributed by atoms with Gasteiger partial charge in [-0.05, 0) is 29.1 Å². The Kier molecular flexibility index (Phi) is 1.81. The molecule has 0 atom stereocenters. The Balaban J connectivity index is 1.90. The molecule has 4 rings (SSSR count). The molecule has 0 N–H and O–H groups in total. The van der Waals surface area contributed by atoms with Crippen molar-refractivity contribution in [1.29, 1.82) is 0 Å². The first kappa shape index (κ1) is 9.44. The third-order valence-corrected chi connectivity index (χ3v) is 3.31. The number of aliphatic imine (C=N–C) groups is 1. The lowest BCUT2D eigenvalue weighted by atomic mass is 9.94. The highest BCUT2D eigenvalue weighted by Crippen LogP contribution is 2.40. The van der Waals surface area contributed by atoms with E-state index in [1.807, 2.05) is 30.3 Å². The summed E-state index contributed by atoms with van der Waals surface area (Å²) in [5.41, 5.74) is 10.0. The van der Waals surface area contributed by atoms with Crippen molar-refractivity contribution in [3.05, 3.63) is 71.0 Å². The van der Waals surface area contributed by atoms with E-state index in [1.54, 1.807) is 0 Å². The number of nitrogens with zero attached hydrogens (tertiary/aromatic N) is 1. The second-order valence-corrected chi connectivity index (χ2v) is 4.37. The molecule has 0 saturated heterocycles. The van der Waals surface area contributed by atoms with Crippen molar-refractivity contribution >= 4 is 28.8 Å². The Bertz CT molecular complexity index is 726. The maximum atomic E-state index is 4.34.